The molecule has 0 amide bonds. The Labute approximate surface area is 143 Å². The van der Waals surface area contributed by atoms with E-state index >= 15 is 0 Å². The van der Waals surface area contributed by atoms with Crippen LogP contribution in [0, 0.1) is 10.1 Å². The van der Waals surface area contributed by atoms with Gasteiger partial charge in [0, 0.05) is 29.1 Å². The molecule has 3 rings (SSSR count). The number of nitrogens with two attached hydrogens (primary N) is 1. The normalized spacial score (nSPS) is 11.9. The largest absolute Gasteiger partial charge is 0.270 e. The van der Waals surface area contributed by atoms with Crippen LogP contribution >= 0.6 is 0 Å². The molecule has 0 saturated heterocycles. The van der Waals surface area contributed by atoms with Gasteiger partial charge in [-0.05, 0) is 17.7 Å². The fraction of sp³-hybridized carbons (Fsp3) is 0. The molecule has 8 heteroatoms. The summed E-state index contributed by atoms with van der Waals surface area (Å²) in [5.74, 6) is 0. The summed E-state index contributed by atoms with van der Waals surface area (Å²) < 4.78 is 23.4. The Kier molecular flexibility index (Phi) is 4.30. The molecule has 0 saturated carbocycles. The first-order valence-electron chi connectivity index (χ1n) is 7.19. The van der Waals surface area contributed by atoms with Crippen molar-refractivity contribution in [2.45, 2.75) is 4.90 Å². The van der Waals surface area contributed by atoms with Gasteiger partial charge >= 0.3 is 0 Å². The van der Waals surface area contributed by atoms with Crippen molar-refractivity contribution in [3.05, 3.63) is 76.3 Å². The summed E-state index contributed by atoms with van der Waals surface area (Å²) in [7, 11) is -3.86. The summed E-state index contributed by atoms with van der Waals surface area (Å²) in [6, 6.07) is 15.9. The first-order valence-corrected chi connectivity index (χ1v) is 8.74. The Morgan fingerprint density at radius 1 is 1.00 bits per heavy atom. The minimum absolute atomic E-state index is 0.0254. The molecule has 126 valence electrons. The molecule has 0 heterocycles. The molecule has 0 bridgehead atoms. The Morgan fingerprint density at radius 3 is 2.40 bits per heavy atom. The van der Waals surface area contributed by atoms with Gasteiger partial charge in [0.05, 0.1) is 15.5 Å². The molecular weight excluding hydrogens is 342 g/mol. The first-order chi connectivity index (χ1) is 11.9. The molecule has 0 aliphatic heterocycles. The van der Waals surface area contributed by atoms with Gasteiger partial charge in [0.25, 0.3) is 5.69 Å². The lowest BCUT2D eigenvalue weighted by atomic mass is 10.1. The predicted molar refractivity (Wildman–Crippen MR) is 95.7 cm³/mol. The molecule has 0 aliphatic carbocycles. The maximum absolute atomic E-state index is 11.7. The van der Waals surface area contributed by atoms with Gasteiger partial charge in [-0.25, -0.2) is 13.6 Å². The van der Waals surface area contributed by atoms with E-state index in [1.54, 1.807) is 42.5 Å². The zero-order valence-corrected chi connectivity index (χ0v) is 13.7. The molecule has 0 aliphatic rings. The van der Waals surface area contributed by atoms with Gasteiger partial charge in [0.2, 0.25) is 10.0 Å². The topological polar surface area (TPSA) is 116 Å². The van der Waals surface area contributed by atoms with Crippen LogP contribution in [0.4, 0.5) is 11.4 Å². The van der Waals surface area contributed by atoms with Crippen molar-refractivity contribution in [1.29, 1.82) is 0 Å². The minimum Gasteiger partial charge on any atom is -0.258 e. The average molecular weight is 355 g/mol. The highest BCUT2D eigenvalue weighted by Crippen LogP contribution is 2.30. The van der Waals surface area contributed by atoms with Crippen molar-refractivity contribution in [3.8, 4) is 0 Å². The molecule has 7 nitrogen and oxygen atoms in total. The lowest BCUT2D eigenvalue weighted by molar-refractivity contribution is -0.384. The number of aliphatic imine (C=N–C) groups is 1. The summed E-state index contributed by atoms with van der Waals surface area (Å²) >= 11 is 0. The zero-order valence-electron chi connectivity index (χ0n) is 12.9. The summed E-state index contributed by atoms with van der Waals surface area (Å²) in [5, 5.41) is 17.2. The fourth-order valence-corrected chi connectivity index (χ4v) is 3.24. The number of benzene rings is 3. The molecule has 0 aromatic heterocycles. The van der Waals surface area contributed by atoms with Crippen molar-refractivity contribution in [1.82, 2.24) is 0 Å². The number of sulfonamides is 1. The second-order valence-corrected chi connectivity index (χ2v) is 6.81. The number of primary sulfonamides is 1. The monoisotopic (exact) mass is 355 g/mol. The molecule has 2 N–H and O–H groups in total. The van der Waals surface area contributed by atoms with Gasteiger partial charge in [-0.15, -0.1) is 0 Å². The van der Waals surface area contributed by atoms with Gasteiger partial charge in [0.15, 0.2) is 0 Å². The van der Waals surface area contributed by atoms with E-state index < -0.39 is 14.9 Å². The van der Waals surface area contributed by atoms with Crippen LogP contribution in [0.15, 0.2) is 70.6 Å². The molecular formula is C17H13N3O4S. The van der Waals surface area contributed by atoms with Crippen molar-refractivity contribution < 1.29 is 13.3 Å². The zero-order chi connectivity index (χ0) is 18.0. The molecule has 0 spiro atoms. The van der Waals surface area contributed by atoms with Crippen LogP contribution in [0.5, 0.6) is 0 Å². The van der Waals surface area contributed by atoms with E-state index in [1.165, 1.54) is 24.4 Å². The van der Waals surface area contributed by atoms with Crippen molar-refractivity contribution >= 4 is 38.4 Å². The number of rotatable bonds is 4. The van der Waals surface area contributed by atoms with Gasteiger partial charge in [-0.3, -0.25) is 15.1 Å². The highest BCUT2D eigenvalue weighted by molar-refractivity contribution is 7.89. The van der Waals surface area contributed by atoms with Gasteiger partial charge < -0.3 is 0 Å². The number of hydrogen-bond donors (Lipinski definition) is 1. The van der Waals surface area contributed by atoms with E-state index in [2.05, 4.69) is 4.99 Å². The second-order valence-electron chi connectivity index (χ2n) is 5.28. The van der Waals surface area contributed by atoms with Gasteiger partial charge in [-0.1, -0.05) is 36.4 Å². The third kappa shape index (κ3) is 3.54. The number of nitrogens with zero attached hydrogens (tertiary/aromatic N) is 2. The van der Waals surface area contributed by atoms with Crippen LogP contribution in [0.25, 0.3) is 10.8 Å². The smallest absolute Gasteiger partial charge is 0.258 e. The van der Waals surface area contributed by atoms with E-state index in [9.17, 15) is 18.5 Å². The van der Waals surface area contributed by atoms with Crippen LogP contribution in [-0.4, -0.2) is 19.6 Å². The first kappa shape index (κ1) is 16.7. The van der Waals surface area contributed by atoms with E-state index in [1.807, 2.05) is 0 Å². The third-order valence-corrected chi connectivity index (χ3v) is 4.57. The predicted octanol–water partition coefficient (Wildman–Crippen LogP) is 3.15. The Balaban J connectivity index is 2.08. The fourth-order valence-electron chi connectivity index (χ4n) is 2.49. The summed E-state index contributed by atoms with van der Waals surface area (Å²) in [4.78, 5) is 14.7. The lowest BCUT2D eigenvalue weighted by Gasteiger charge is -2.06. The number of nitro groups is 1. The Bertz CT molecular complexity index is 1110. The van der Waals surface area contributed by atoms with E-state index in [0.717, 1.165) is 0 Å². The highest BCUT2D eigenvalue weighted by atomic mass is 32.2. The van der Waals surface area contributed by atoms with Crippen LogP contribution in [0.1, 0.15) is 5.56 Å². The maximum Gasteiger partial charge on any atom is 0.270 e. The molecule has 0 radical (unpaired) electrons. The molecule has 3 aromatic carbocycles. The van der Waals surface area contributed by atoms with Gasteiger partial charge in [0.1, 0.15) is 0 Å². The summed E-state index contributed by atoms with van der Waals surface area (Å²) in [5.41, 5.74) is 1.07. The molecule has 3 aromatic rings. The SMILES string of the molecule is NS(=O)(=O)c1cccc2c(N=Cc3cccc([N+](=O)[O-])c3)cccc12. The number of fused-ring (bicyclic) bond motifs is 1. The summed E-state index contributed by atoms with van der Waals surface area (Å²) in [6.45, 7) is 0. The van der Waals surface area contributed by atoms with E-state index in [0.29, 0.717) is 22.0 Å². The summed E-state index contributed by atoms with van der Waals surface area (Å²) in [6.07, 6.45) is 1.49. The molecule has 25 heavy (non-hydrogen) atoms. The van der Waals surface area contributed by atoms with E-state index in [-0.39, 0.29) is 10.6 Å². The Hall–Kier alpha value is -3.10. The lowest BCUT2D eigenvalue weighted by Crippen LogP contribution is -2.12. The van der Waals surface area contributed by atoms with E-state index in [4.69, 9.17) is 5.14 Å². The van der Waals surface area contributed by atoms with Crippen LogP contribution in [0.3, 0.4) is 0 Å². The van der Waals surface area contributed by atoms with Crippen LogP contribution in [-0.2, 0) is 10.0 Å². The quantitative estimate of drug-likeness (QED) is 0.439. The highest BCUT2D eigenvalue weighted by Gasteiger charge is 2.13. The second kappa shape index (κ2) is 6.42. The standard InChI is InChI=1S/C17H13N3O4S/c18-25(23,24)17-9-3-6-14-15(17)7-2-8-16(14)19-11-12-4-1-5-13(10-12)20(21)22/h1-11H,(H2,18,23,24). The molecule has 0 unspecified atom stereocenters. The van der Waals surface area contributed by atoms with Crippen LogP contribution < -0.4 is 5.14 Å². The number of non-ortho nitro benzene ring substituents is 1. The number of nitro benzene ring substituents is 1. The molecule has 0 fully saturated rings. The van der Waals surface area contributed by atoms with Crippen LogP contribution in [0.2, 0.25) is 0 Å². The van der Waals surface area contributed by atoms with Crippen molar-refractivity contribution in [2.75, 3.05) is 0 Å². The minimum atomic E-state index is -3.86. The molecule has 0 atom stereocenters. The average Bonchev–Trinajstić information content (AvgIpc) is 2.58. The third-order valence-electron chi connectivity index (χ3n) is 3.60. The Morgan fingerprint density at radius 2 is 1.68 bits per heavy atom. The number of hydrogen-bond acceptors (Lipinski definition) is 5. The van der Waals surface area contributed by atoms with Crippen molar-refractivity contribution in [2.24, 2.45) is 10.1 Å². The van der Waals surface area contributed by atoms with Gasteiger partial charge in [-0.2, -0.15) is 0 Å². The maximum atomic E-state index is 11.7. The van der Waals surface area contributed by atoms with Crippen molar-refractivity contribution in [3.63, 3.8) is 0 Å².